The number of thioether (sulfide) groups is 1. The van der Waals surface area contributed by atoms with E-state index in [9.17, 15) is 14.0 Å². The Kier molecular flexibility index (Phi) is 7.04. The molecular weight excluding hydrogens is 389 g/mol. The molecule has 2 aromatic carbocycles. The lowest BCUT2D eigenvalue weighted by molar-refractivity contribution is -0.128. The molecule has 1 N–H and O–H groups in total. The second-order valence-corrected chi connectivity index (χ2v) is 7.91. The number of hydrogen-bond donors (Lipinski definition) is 1. The highest BCUT2D eigenvalue weighted by Gasteiger charge is 2.38. The van der Waals surface area contributed by atoms with Crippen LogP contribution in [0.15, 0.2) is 53.5 Å². The van der Waals surface area contributed by atoms with Crippen molar-refractivity contribution in [3.05, 3.63) is 59.9 Å². The van der Waals surface area contributed by atoms with Gasteiger partial charge in [0, 0.05) is 13.0 Å². The van der Waals surface area contributed by atoms with E-state index in [0.717, 1.165) is 18.5 Å². The van der Waals surface area contributed by atoms with Crippen LogP contribution in [0.2, 0.25) is 0 Å². The highest BCUT2D eigenvalue weighted by atomic mass is 32.2. The number of halogens is 1. The average Bonchev–Trinajstić information content (AvgIpc) is 2.99. The number of aryl methyl sites for hydroxylation is 1. The van der Waals surface area contributed by atoms with Crippen LogP contribution in [0.5, 0.6) is 0 Å². The number of benzene rings is 2. The first-order valence-corrected chi connectivity index (χ1v) is 10.6. The van der Waals surface area contributed by atoms with E-state index >= 15 is 0 Å². The van der Waals surface area contributed by atoms with Gasteiger partial charge in [-0.1, -0.05) is 49.9 Å². The van der Waals surface area contributed by atoms with Gasteiger partial charge in [-0.15, -0.1) is 0 Å². The van der Waals surface area contributed by atoms with Crippen LogP contribution in [0.25, 0.3) is 0 Å². The Hall–Kier alpha value is -2.67. The summed E-state index contributed by atoms with van der Waals surface area (Å²) in [6.45, 7) is 4.62. The van der Waals surface area contributed by atoms with Crippen molar-refractivity contribution in [1.82, 2.24) is 4.90 Å². The average molecular weight is 414 g/mol. The summed E-state index contributed by atoms with van der Waals surface area (Å²) in [5, 5.41) is 2.58. The maximum Gasteiger partial charge on any atom is 0.242 e. The zero-order chi connectivity index (χ0) is 20.8. The fourth-order valence-corrected chi connectivity index (χ4v) is 4.19. The first-order valence-electron chi connectivity index (χ1n) is 9.71. The van der Waals surface area contributed by atoms with E-state index in [1.165, 1.54) is 29.5 Å². The Labute approximate surface area is 174 Å². The summed E-state index contributed by atoms with van der Waals surface area (Å²) in [7, 11) is 0. The van der Waals surface area contributed by atoms with Gasteiger partial charge in [-0.2, -0.15) is 0 Å². The molecule has 152 valence electrons. The van der Waals surface area contributed by atoms with Gasteiger partial charge in [0.1, 0.15) is 11.1 Å². The molecule has 5 nitrogen and oxygen atoms in total. The van der Waals surface area contributed by atoms with Crippen molar-refractivity contribution in [3.63, 3.8) is 0 Å². The number of anilines is 1. The number of hydrogen-bond acceptors (Lipinski definition) is 4. The molecule has 29 heavy (non-hydrogen) atoms. The van der Waals surface area contributed by atoms with E-state index in [1.807, 2.05) is 31.2 Å². The largest absolute Gasteiger partial charge is 0.324 e. The number of nitrogens with one attached hydrogen (secondary N) is 1. The van der Waals surface area contributed by atoms with Crippen LogP contribution < -0.4 is 5.32 Å². The minimum Gasteiger partial charge on any atom is -0.324 e. The second-order valence-electron chi connectivity index (χ2n) is 6.74. The van der Waals surface area contributed by atoms with Crippen LogP contribution in [-0.4, -0.2) is 33.7 Å². The van der Waals surface area contributed by atoms with E-state index in [-0.39, 0.29) is 18.0 Å². The van der Waals surface area contributed by atoms with Gasteiger partial charge in [-0.25, -0.2) is 9.38 Å². The van der Waals surface area contributed by atoms with Crippen molar-refractivity contribution in [2.75, 3.05) is 11.9 Å². The molecule has 1 unspecified atom stereocenters. The molecule has 0 saturated carbocycles. The molecule has 0 bridgehead atoms. The molecule has 1 heterocycles. The van der Waals surface area contributed by atoms with Crippen molar-refractivity contribution < 1.29 is 14.0 Å². The number of para-hydroxylation sites is 1. The zero-order valence-corrected chi connectivity index (χ0v) is 17.3. The van der Waals surface area contributed by atoms with E-state index in [4.69, 9.17) is 0 Å². The van der Waals surface area contributed by atoms with E-state index in [0.29, 0.717) is 11.7 Å². The van der Waals surface area contributed by atoms with Crippen LogP contribution in [0, 0.1) is 5.82 Å². The molecule has 7 heteroatoms. The quantitative estimate of drug-likeness (QED) is 0.712. The van der Waals surface area contributed by atoms with Crippen LogP contribution in [0.3, 0.4) is 0 Å². The maximum absolute atomic E-state index is 13.7. The molecule has 3 rings (SSSR count). The van der Waals surface area contributed by atoms with Crippen molar-refractivity contribution >= 4 is 40.1 Å². The SMILES string of the molecule is CCCN1C(=O)C(CC(=O)Nc2ccccc2F)SC1=Nc1ccc(CC)cc1. The monoisotopic (exact) mass is 413 g/mol. The summed E-state index contributed by atoms with van der Waals surface area (Å²) in [5.41, 5.74) is 2.11. The summed E-state index contributed by atoms with van der Waals surface area (Å²) < 4.78 is 13.7. The van der Waals surface area contributed by atoms with Crippen molar-refractivity contribution in [3.8, 4) is 0 Å². The van der Waals surface area contributed by atoms with E-state index < -0.39 is 17.0 Å². The molecular formula is C22H24FN3O2S. The van der Waals surface area contributed by atoms with Crippen LogP contribution in [-0.2, 0) is 16.0 Å². The fraction of sp³-hybridized carbons (Fsp3) is 0.318. The minimum atomic E-state index is -0.568. The Morgan fingerprint density at radius 1 is 1.17 bits per heavy atom. The predicted molar refractivity (Wildman–Crippen MR) is 116 cm³/mol. The van der Waals surface area contributed by atoms with Crippen LogP contribution in [0.4, 0.5) is 15.8 Å². The fourth-order valence-electron chi connectivity index (χ4n) is 3.00. The standard InChI is InChI=1S/C22H24FN3O2S/c1-3-13-26-21(28)19(14-20(27)25-18-8-6-5-7-17(18)23)29-22(26)24-16-11-9-15(4-2)10-12-16/h5-12,19H,3-4,13-14H2,1-2H3,(H,25,27). The molecule has 1 aliphatic heterocycles. The van der Waals surface area contributed by atoms with Gasteiger partial charge >= 0.3 is 0 Å². The number of amidine groups is 1. The lowest BCUT2D eigenvalue weighted by atomic mass is 10.2. The molecule has 1 atom stereocenters. The third kappa shape index (κ3) is 5.23. The van der Waals surface area contributed by atoms with Gasteiger partial charge in [0.25, 0.3) is 0 Å². The van der Waals surface area contributed by atoms with Gasteiger partial charge in [0.2, 0.25) is 11.8 Å². The lowest BCUT2D eigenvalue weighted by Crippen LogP contribution is -2.34. The Morgan fingerprint density at radius 2 is 1.90 bits per heavy atom. The number of rotatable bonds is 7. The van der Waals surface area contributed by atoms with Crippen molar-refractivity contribution in [1.29, 1.82) is 0 Å². The summed E-state index contributed by atoms with van der Waals surface area (Å²) in [6, 6.07) is 13.9. The van der Waals surface area contributed by atoms with Gasteiger partial charge in [0.05, 0.1) is 11.4 Å². The van der Waals surface area contributed by atoms with Crippen LogP contribution in [0.1, 0.15) is 32.3 Å². The minimum absolute atomic E-state index is 0.0359. The number of aliphatic imine (C=N–C) groups is 1. The topological polar surface area (TPSA) is 61.8 Å². The third-order valence-corrected chi connectivity index (χ3v) is 5.73. The molecule has 1 fully saturated rings. The van der Waals surface area contributed by atoms with Gasteiger partial charge in [-0.05, 0) is 42.7 Å². The van der Waals surface area contributed by atoms with Gasteiger partial charge in [-0.3, -0.25) is 14.5 Å². The molecule has 1 saturated heterocycles. The molecule has 0 radical (unpaired) electrons. The molecule has 0 aromatic heterocycles. The smallest absolute Gasteiger partial charge is 0.242 e. The first-order chi connectivity index (χ1) is 14.0. The van der Waals surface area contributed by atoms with Crippen molar-refractivity contribution in [2.45, 2.75) is 38.4 Å². The molecule has 0 aliphatic carbocycles. The van der Waals surface area contributed by atoms with Crippen molar-refractivity contribution in [2.24, 2.45) is 4.99 Å². The zero-order valence-electron chi connectivity index (χ0n) is 16.5. The lowest BCUT2D eigenvalue weighted by Gasteiger charge is -2.15. The Bertz CT molecular complexity index is 915. The second kappa shape index (κ2) is 9.69. The highest BCUT2D eigenvalue weighted by Crippen LogP contribution is 2.32. The number of carbonyl (C=O) groups excluding carboxylic acids is 2. The highest BCUT2D eigenvalue weighted by molar-refractivity contribution is 8.15. The summed E-state index contributed by atoms with van der Waals surface area (Å²) in [5.74, 6) is -1.04. The maximum atomic E-state index is 13.7. The normalized spacial score (nSPS) is 17.8. The van der Waals surface area contributed by atoms with Gasteiger partial charge < -0.3 is 5.32 Å². The Morgan fingerprint density at radius 3 is 2.55 bits per heavy atom. The summed E-state index contributed by atoms with van der Waals surface area (Å²) in [6.07, 6.45) is 1.70. The van der Waals surface area contributed by atoms with Crippen LogP contribution >= 0.6 is 11.8 Å². The summed E-state index contributed by atoms with van der Waals surface area (Å²) >= 11 is 1.29. The number of amides is 2. The Balaban J connectivity index is 1.73. The molecule has 2 amide bonds. The molecule has 1 aliphatic rings. The summed E-state index contributed by atoms with van der Waals surface area (Å²) in [4.78, 5) is 31.5. The van der Waals surface area contributed by atoms with E-state index in [2.05, 4.69) is 17.2 Å². The first kappa shape index (κ1) is 21.0. The number of nitrogens with zero attached hydrogens (tertiary/aromatic N) is 2. The molecule has 0 spiro atoms. The van der Waals surface area contributed by atoms with Gasteiger partial charge in [0.15, 0.2) is 5.17 Å². The third-order valence-electron chi connectivity index (χ3n) is 4.56. The predicted octanol–water partition coefficient (Wildman–Crippen LogP) is 4.76. The molecule has 2 aromatic rings. The number of carbonyl (C=O) groups is 2. The van der Waals surface area contributed by atoms with E-state index in [1.54, 1.807) is 17.0 Å².